The lowest BCUT2D eigenvalue weighted by Crippen LogP contribution is -2.46. The monoisotopic (exact) mass is 660 g/mol. The molecule has 0 spiro atoms. The lowest BCUT2D eigenvalue weighted by molar-refractivity contribution is -0.151. The molecule has 0 saturated heterocycles. The number of thiazole rings is 1. The third kappa shape index (κ3) is 9.07. The van der Waals surface area contributed by atoms with Gasteiger partial charge in [0.05, 0.1) is 18.8 Å². The molecular weight excluding hydrogens is 632 g/mol. The van der Waals surface area contributed by atoms with Gasteiger partial charge in [-0.15, -0.1) is 0 Å². The van der Waals surface area contributed by atoms with Crippen molar-refractivity contribution in [1.82, 2.24) is 10.3 Å². The van der Waals surface area contributed by atoms with Gasteiger partial charge < -0.3 is 31.5 Å². The Balaban J connectivity index is 1.76. The normalized spacial score (nSPS) is 20.3. The molecular formula is C24H29ClN6O10S2. The lowest BCUT2D eigenvalue weighted by atomic mass is 9.91. The molecule has 43 heavy (non-hydrogen) atoms. The van der Waals surface area contributed by atoms with Crippen molar-refractivity contribution in [3.05, 3.63) is 39.9 Å². The average molecular weight is 661 g/mol. The van der Waals surface area contributed by atoms with Crippen molar-refractivity contribution in [3.63, 3.8) is 0 Å². The predicted molar refractivity (Wildman–Crippen MR) is 154 cm³/mol. The molecule has 0 radical (unpaired) electrons. The number of aliphatic carboxylic acids is 1. The van der Waals surface area contributed by atoms with Crippen LogP contribution < -0.4 is 21.5 Å². The minimum atomic E-state index is -4.78. The molecule has 19 heteroatoms. The fourth-order valence-electron chi connectivity index (χ4n) is 4.37. The second-order valence-electron chi connectivity index (χ2n) is 9.50. The SMILES string of the molecule is CC(OS(=O)(=O)O)C1CC(=O)[C@@H](NC(=O)/C(=N\O[C@@H](CCOc2ccc(C(=N)N)cc2)C(=O)O)c2nc(N)sc2Cl)[C@H]1C. The first-order valence-corrected chi connectivity index (χ1v) is 15.1. The van der Waals surface area contributed by atoms with E-state index in [0.29, 0.717) is 11.3 Å². The van der Waals surface area contributed by atoms with Crippen molar-refractivity contribution < 1.29 is 46.2 Å². The molecule has 0 aliphatic heterocycles. The van der Waals surface area contributed by atoms with Crippen molar-refractivity contribution >= 4 is 67.7 Å². The summed E-state index contributed by atoms with van der Waals surface area (Å²) >= 11 is 7.00. The second-order valence-corrected chi connectivity index (χ2v) is 12.2. The van der Waals surface area contributed by atoms with E-state index in [1.54, 1.807) is 31.2 Å². The van der Waals surface area contributed by atoms with E-state index in [1.807, 2.05) is 0 Å². The number of anilines is 1. The van der Waals surface area contributed by atoms with Crippen molar-refractivity contribution in [1.29, 1.82) is 5.41 Å². The molecule has 1 saturated carbocycles. The predicted octanol–water partition coefficient (Wildman–Crippen LogP) is 1.22. The highest BCUT2D eigenvalue weighted by Crippen LogP contribution is 2.34. The number of ether oxygens (including phenoxy) is 1. The number of carboxylic acids is 1. The number of oxime groups is 1. The summed E-state index contributed by atoms with van der Waals surface area (Å²) in [6.45, 7) is 2.82. The molecule has 16 nitrogen and oxygen atoms in total. The van der Waals surface area contributed by atoms with E-state index in [-0.39, 0.29) is 40.4 Å². The van der Waals surface area contributed by atoms with Gasteiger partial charge in [-0.25, -0.2) is 14.0 Å². The number of carbonyl (C=O) groups excluding carboxylic acids is 2. The number of amidine groups is 1. The molecule has 0 bridgehead atoms. The number of Topliss-reactive ketones (excluding diaryl/α,β-unsaturated/α-hetero) is 1. The number of nitrogens with one attached hydrogen (secondary N) is 2. The zero-order valence-electron chi connectivity index (χ0n) is 22.7. The molecule has 3 rings (SSSR count). The first kappa shape index (κ1) is 33.7. The van der Waals surface area contributed by atoms with E-state index in [1.165, 1.54) is 6.92 Å². The molecule has 2 unspecified atom stereocenters. The van der Waals surface area contributed by atoms with Gasteiger partial charge in [0.2, 0.25) is 6.10 Å². The summed E-state index contributed by atoms with van der Waals surface area (Å²) in [6, 6.07) is 5.09. The Bertz CT molecular complexity index is 1510. The van der Waals surface area contributed by atoms with Crippen LogP contribution in [0.15, 0.2) is 29.4 Å². The maximum atomic E-state index is 13.3. The summed E-state index contributed by atoms with van der Waals surface area (Å²) in [6.07, 6.45) is -3.02. The third-order valence-electron chi connectivity index (χ3n) is 6.55. The van der Waals surface area contributed by atoms with Crippen LogP contribution in [-0.2, 0) is 33.8 Å². The number of halogens is 1. The summed E-state index contributed by atoms with van der Waals surface area (Å²) < 4.78 is 41.3. The largest absolute Gasteiger partial charge is 0.493 e. The number of nitrogen functional groups attached to an aromatic ring is 2. The minimum Gasteiger partial charge on any atom is -0.493 e. The van der Waals surface area contributed by atoms with E-state index in [4.69, 9.17) is 42.6 Å². The number of hydrogen-bond acceptors (Lipinski definition) is 13. The van der Waals surface area contributed by atoms with Crippen molar-refractivity contribution in [3.8, 4) is 5.75 Å². The molecule has 1 aromatic carbocycles. The average Bonchev–Trinajstić information content (AvgIpc) is 3.39. The third-order valence-corrected chi connectivity index (χ3v) is 8.18. The van der Waals surface area contributed by atoms with E-state index < -0.39 is 63.9 Å². The number of amides is 1. The molecule has 1 aromatic heterocycles. The molecule has 1 fully saturated rings. The summed E-state index contributed by atoms with van der Waals surface area (Å²) in [5.74, 6) is -3.92. The number of aromatic nitrogens is 1. The zero-order valence-corrected chi connectivity index (χ0v) is 25.1. The van der Waals surface area contributed by atoms with Crippen LogP contribution in [0.3, 0.4) is 0 Å². The number of carboxylic acid groups (broad SMARTS) is 1. The van der Waals surface area contributed by atoms with Gasteiger partial charge in [0.25, 0.3) is 5.91 Å². The molecule has 1 heterocycles. The fourth-order valence-corrected chi connectivity index (χ4v) is 5.83. The minimum absolute atomic E-state index is 0.0268. The molecule has 1 aliphatic carbocycles. The quantitative estimate of drug-likeness (QED) is 0.0721. The number of nitrogens with two attached hydrogens (primary N) is 2. The van der Waals surface area contributed by atoms with Gasteiger partial charge in [-0.3, -0.25) is 19.6 Å². The van der Waals surface area contributed by atoms with Crippen LogP contribution in [-0.4, -0.2) is 77.1 Å². The Morgan fingerprint density at radius 1 is 1.33 bits per heavy atom. The van der Waals surface area contributed by atoms with Crippen molar-refractivity contribution in [2.75, 3.05) is 12.3 Å². The maximum absolute atomic E-state index is 13.3. The second kappa shape index (κ2) is 14.1. The summed E-state index contributed by atoms with van der Waals surface area (Å²) in [7, 11) is -4.78. The molecule has 8 N–H and O–H groups in total. The summed E-state index contributed by atoms with van der Waals surface area (Å²) in [4.78, 5) is 47.1. The van der Waals surface area contributed by atoms with E-state index in [2.05, 4.69) is 19.6 Å². The molecule has 234 valence electrons. The Morgan fingerprint density at radius 2 is 1.98 bits per heavy atom. The Kier molecular flexibility index (Phi) is 11.0. The first-order chi connectivity index (χ1) is 20.1. The first-order valence-electron chi connectivity index (χ1n) is 12.5. The highest BCUT2D eigenvalue weighted by molar-refractivity contribution is 7.80. The summed E-state index contributed by atoms with van der Waals surface area (Å²) in [5, 5.41) is 23.3. The molecule has 1 amide bonds. The van der Waals surface area contributed by atoms with Crippen LogP contribution in [0.5, 0.6) is 5.75 Å². The Labute approximate surface area is 254 Å². The standard InChI is InChI=1S/C24H29ClN6O10S2/c1-10-14(11(2)41-43(36,37)38)9-15(32)17(10)29-22(33)19(18-20(25)42-24(28)30-18)31-40-16(23(34)35)7-8-39-13-5-3-12(4-6-13)21(26)27/h3-6,10-11,14,16-17H,7-9H2,1-2H3,(H3,26,27)(H2,28,30)(H,29,33)(H,34,35)(H,36,37,38)/b31-19-/t10-,11?,14?,16-,17-/m0/s1. The number of nitrogens with zero attached hydrogens (tertiary/aromatic N) is 2. The number of hydrogen-bond donors (Lipinski definition) is 6. The molecule has 1 aliphatic rings. The van der Waals surface area contributed by atoms with Gasteiger partial charge in [-0.1, -0.05) is 35.0 Å². The van der Waals surface area contributed by atoms with Crippen LogP contribution in [0.4, 0.5) is 5.13 Å². The maximum Gasteiger partial charge on any atom is 0.397 e. The van der Waals surface area contributed by atoms with Gasteiger partial charge in [0.1, 0.15) is 21.6 Å². The smallest absolute Gasteiger partial charge is 0.397 e. The highest BCUT2D eigenvalue weighted by Gasteiger charge is 2.45. The van der Waals surface area contributed by atoms with Crippen LogP contribution in [0.25, 0.3) is 0 Å². The van der Waals surface area contributed by atoms with Crippen molar-refractivity contribution in [2.45, 2.75) is 44.9 Å². The van der Waals surface area contributed by atoms with Crippen LogP contribution in [0, 0.1) is 17.2 Å². The van der Waals surface area contributed by atoms with E-state index in [9.17, 15) is 27.9 Å². The number of benzene rings is 1. The number of ketones is 1. The van der Waals surface area contributed by atoms with Gasteiger partial charge >= 0.3 is 16.4 Å². The van der Waals surface area contributed by atoms with Crippen molar-refractivity contribution in [2.24, 2.45) is 22.7 Å². The summed E-state index contributed by atoms with van der Waals surface area (Å²) in [5.41, 5.74) is 10.8. The lowest BCUT2D eigenvalue weighted by Gasteiger charge is -2.24. The van der Waals surface area contributed by atoms with Crippen LogP contribution in [0.1, 0.15) is 37.9 Å². The van der Waals surface area contributed by atoms with Gasteiger partial charge in [0, 0.05) is 18.4 Å². The van der Waals surface area contributed by atoms with E-state index in [0.717, 1.165) is 11.3 Å². The van der Waals surface area contributed by atoms with Gasteiger partial charge in [0.15, 0.2) is 16.6 Å². The Hall–Kier alpha value is -3.84. The molecule has 2 aromatic rings. The number of rotatable bonds is 14. The van der Waals surface area contributed by atoms with Crippen LogP contribution in [0.2, 0.25) is 4.34 Å². The zero-order chi connectivity index (χ0) is 32.1. The van der Waals surface area contributed by atoms with Gasteiger partial charge in [-0.2, -0.15) is 8.42 Å². The Morgan fingerprint density at radius 3 is 2.51 bits per heavy atom. The fraction of sp³-hybridized carbons (Fsp3) is 0.417. The molecule has 5 atom stereocenters. The van der Waals surface area contributed by atoms with Gasteiger partial charge in [-0.05, 0) is 43.0 Å². The highest BCUT2D eigenvalue weighted by atomic mass is 35.5. The topological polar surface area (TPSA) is 267 Å². The van der Waals surface area contributed by atoms with Crippen LogP contribution >= 0.6 is 22.9 Å². The van der Waals surface area contributed by atoms with E-state index >= 15 is 0 Å². The number of carbonyl (C=O) groups is 3.